The maximum atomic E-state index is 13.3. The Morgan fingerprint density at radius 3 is 2.71 bits per heavy atom. The lowest BCUT2D eigenvalue weighted by Crippen LogP contribution is -2.30. The molecule has 1 fully saturated rings. The predicted molar refractivity (Wildman–Crippen MR) is 130 cm³/mol. The third-order valence-corrected chi connectivity index (χ3v) is 6.46. The third-order valence-electron chi connectivity index (χ3n) is 6.46. The van der Waals surface area contributed by atoms with Gasteiger partial charge in [-0.25, -0.2) is 19.3 Å². The Hall–Kier alpha value is -3.53. The van der Waals surface area contributed by atoms with Crippen LogP contribution in [-0.2, 0) is 18.5 Å². The molecule has 10 nitrogen and oxygen atoms in total. The highest BCUT2D eigenvalue weighted by molar-refractivity contribution is 5.77. The number of aromatic nitrogens is 7. The second-order valence-corrected chi connectivity index (χ2v) is 10.4. The summed E-state index contributed by atoms with van der Waals surface area (Å²) in [5.41, 5.74) is 2.48. The second-order valence-electron chi connectivity index (χ2n) is 10.4. The molecule has 0 bridgehead atoms. The lowest BCUT2D eigenvalue weighted by Gasteiger charge is -2.22. The van der Waals surface area contributed by atoms with E-state index in [0.717, 1.165) is 43.9 Å². The maximum Gasteiger partial charge on any atom is 0.278 e. The summed E-state index contributed by atoms with van der Waals surface area (Å²) < 4.78 is 5.68. The van der Waals surface area contributed by atoms with Gasteiger partial charge in [-0.05, 0) is 32.0 Å². The zero-order chi connectivity index (χ0) is 23.6. The lowest BCUT2D eigenvalue weighted by molar-refractivity contribution is 0.259. The van der Waals surface area contributed by atoms with Gasteiger partial charge < -0.3 is 5.32 Å². The molecule has 1 N–H and O–H groups in total. The van der Waals surface area contributed by atoms with Gasteiger partial charge in [0.15, 0.2) is 17.3 Å². The summed E-state index contributed by atoms with van der Waals surface area (Å²) in [6.07, 6.45) is 3.56. The number of anilines is 2. The molecule has 1 aliphatic heterocycles. The van der Waals surface area contributed by atoms with Crippen molar-refractivity contribution in [2.45, 2.75) is 58.2 Å². The molecule has 0 spiro atoms. The molecule has 0 amide bonds. The second kappa shape index (κ2) is 7.49. The Morgan fingerprint density at radius 1 is 1.12 bits per heavy atom. The van der Waals surface area contributed by atoms with Gasteiger partial charge in [-0.15, -0.1) is 0 Å². The highest BCUT2D eigenvalue weighted by Crippen LogP contribution is 2.35. The first-order chi connectivity index (χ1) is 16.3. The van der Waals surface area contributed by atoms with Gasteiger partial charge >= 0.3 is 0 Å². The Labute approximate surface area is 197 Å². The van der Waals surface area contributed by atoms with Gasteiger partial charge in [0, 0.05) is 36.5 Å². The minimum absolute atomic E-state index is 0.0764. The summed E-state index contributed by atoms with van der Waals surface area (Å²) in [5, 5.41) is 8.38. The van der Waals surface area contributed by atoms with Gasteiger partial charge in [0.05, 0.1) is 18.3 Å². The molecule has 0 unspecified atom stereocenters. The zero-order valence-corrected chi connectivity index (χ0v) is 20.0. The van der Waals surface area contributed by atoms with Crippen LogP contribution in [0.5, 0.6) is 0 Å². The molecule has 10 heteroatoms. The number of likely N-dealkylation sites (N-methyl/N-ethyl adjacent to an activating group) is 1. The van der Waals surface area contributed by atoms with Gasteiger partial charge in [-0.3, -0.25) is 14.4 Å². The van der Waals surface area contributed by atoms with Crippen molar-refractivity contribution in [2.24, 2.45) is 0 Å². The van der Waals surface area contributed by atoms with E-state index in [9.17, 15) is 4.79 Å². The Morgan fingerprint density at radius 2 is 1.94 bits per heavy atom. The van der Waals surface area contributed by atoms with Crippen LogP contribution in [0.1, 0.15) is 51.0 Å². The van der Waals surface area contributed by atoms with Crippen molar-refractivity contribution in [2.75, 3.05) is 18.9 Å². The first-order valence-electron chi connectivity index (χ1n) is 11.8. The molecule has 0 radical (unpaired) electrons. The first kappa shape index (κ1) is 21.0. The molecule has 176 valence electrons. The smallest absolute Gasteiger partial charge is 0.278 e. The fourth-order valence-electron chi connectivity index (χ4n) is 4.46. The molecule has 1 aliphatic carbocycles. The molecule has 34 heavy (non-hydrogen) atoms. The van der Waals surface area contributed by atoms with Crippen LogP contribution >= 0.6 is 0 Å². The summed E-state index contributed by atoms with van der Waals surface area (Å²) in [6, 6.07) is 8.13. The van der Waals surface area contributed by atoms with E-state index in [4.69, 9.17) is 9.97 Å². The van der Waals surface area contributed by atoms with Gasteiger partial charge in [0.2, 0.25) is 5.95 Å². The Balaban J connectivity index is 1.45. The van der Waals surface area contributed by atoms with Crippen molar-refractivity contribution >= 4 is 22.8 Å². The minimum Gasteiger partial charge on any atom is -0.307 e. The average Bonchev–Trinajstić information content (AvgIpc) is 3.49. The van der Waals surface area contributed by atoms with E-state index in [1.165, 1.54) is 0 Å². The van der Waals surface area contributed by atoms with Crippen LogP contribution in [0.4, 0.5) is 11.8 Å². The van der Waals surface area contributed by atoms with Gasteiger partial charge in [-0.2, -0.15) is 10.1 Å². The number of fused-ring (bicyclic) bond motifs is 2. The predicted octanol–water partition coefficient (Wildman–Crippen LogP) is 3.00. The highest BCUT2D eigenvalue weighted by atomic mass is 16.1. The number of hydrogen-bond acceptors (Lipinski definition) is 7. The molecule has 6 rings (SSSR count). The summed E-state index contributed by atoms with van der Waals surface area (Å²) >= 11 is 0. The molecule has 5 heterocycles. The van der Waals surface area contributed by atoms with E-state index in [1.807, 2.05) is 33.6 Å². The van der Waals surface area contributed by atoms with Crippen LogP contribution in [0.15, 0.2) is 35.3 Å². The molecule has 4 aromatic heterocycles. The summed E-state index contributed by atoms with van der Waals surface area (Å²) in [7, 11) is 2.10. The third kappa shape index (κ3) is 3.58. The topological polar surface area (TPSA) is 98.7 Å². The van der Waals surface area contributed by atoms with E-state index in [1.54, 1.807) is 10.9 Å². The molecular formula is C24H29N9O. The van der Waals surface area contributed by atoms with Crippen LogP contribution < -0.4 is 10.9 Å². The SMILES string of the molecule is CN1CCn2nc(Nc3ncc4c(=O)n(C5CC5)n(-c5cccc(C(C)(C)C)n5)c4n3)cc2C1. The summed E-state index contributed by atoms with van der Waals surface area (Å²) in [4.78, 5) is 29.7. The lowest BCUT2D eigenvalue weighted by atomic mass is 9.92. The Bertz CT molecular complexity index is 1450. The molecule has 4 aromatic rings. The molecule has 2 aliphatic rings. The van der Waals surface area contributed by atoms with Crippen molar-refractivity contribution in [3.63, 3.8) is 0 Å². The number of nitrogens with one attached hydrogen (secondary N) is 1. The summed E-state index contributed by atoms with van der Waals surface area (Å²) in [6.45, 7) is 9.08. The molecule has 0 aromatic carbocycles. The van der Waals surface area contributed by atoms with Crippen molar-refractivity contribution < 1.29 is 0 Å². The standard InChI is InChI=1S/C24H29N9O/c1-24(2,3)18-6-5-7-20(26-18)33-21-17(22(34)32(33)15-8-9-15)13-25-23(28-21)27-19-12-16-14-30(4)10-11-31(16)29-19/h5-7,12-13,15H,8-11,14H2,1-4H3,(H,25,27,28,29). The largest absolute Gasteiger partial charge is 0.307 e. The van der Waals surface area contributed by atoms with Crippen molar-refractivity contribution in [1.29, 1.82) is 0 Å². The minimum atomic E-state index is -0.111. The number of hydrogen-bond donors (Lipinski definition) is 1. The molecule has 0 saturated heterocycles. The zero-order valence-electron chi connectivity index (χ0n) is 20.0. The van der Waals surface area contributed by atoms with Crippen LogP contribution in [0.25, 0.3) is 16.9 Å². The van der Waals surface area contributed by atoms with Crippen LogP contribution in [0.2, 0.25) is 0 Å². The van der Waals surface area contributed by atoms with Gasteiger partial charge in [0.1, 0.15) is 5.39 Å². The fraction of sp³-hybridized carbons (Fsp3) is 0.458. The van der Waals surface area contributed by atoms with E-state index in [2.05, 4.69) is 48.1 Å². The van der Waals surface area contributed by atoms with Crippen molar-refractivity contribution in [3.8, 4) is 5.82 Å². The van der Waals surface area contributed by atoms with E-state index >= 15 is 0 Å². The monoisotopic (exact) mass is 459 g/mol. The van der Waals surface area contributed by atoms with Crippen LogP contribution in [-0.4, -0.2) is 52.6 Å². The van der Waals surface area contributed by atoms with Crippen molar-refractivity contribution in [1.82, 2.24) is 39.0 Å². The van der Waals surface area contributed by atoms with E-state index < -0.39 is 0 Å². The van der Waals surface area contributed by atoms with Gasteiger partial charge in [0.25, 0.3) is 5.56 Å². The number of pyridine rings is 1. The normalized spacial score (nSPS) is 16.7. The van der Waals surface area contributed by atoms with E-state index in [-0.39, 0.29) is 17.0 Å². The van der Waals surface area contributed by atoms with Gasteiger partial charge in [-0.1, -0.05) is 26.8 Å². The summed E-state index contributed by atoms with van der Waals surface area (Å²) in [5.74, 6) is 1.80. The molecule has 0 atom stereocenters. The highest BCUT2D eigenvalue weighted by Gasteiger charge is 2.31. The van der Waals surface area contributed by atoms with E-state index in [0.29, 0.717) is 28.6 Å². The first-order valence-corrected chi connectivity index (χ1v) is 11.8. The maximum absolute atomic E-state index is 13.3. The number of rotatable bonds is 4. The quantitative estimate of drug-likeness (QED) is 0.501. The van der Waals surface area contributed by atoms with Crippen LogP contribution in [0.3, 0.4) is 0 Å². The fourth-order valence-corrected chi connectivity index (χ4v) is 4.46. The Kier molecular flexibility index (Phi) is 4.63. The van der Waals surface area contributed by atoms with Crippen molar-refractivity contribution in [3.05, 3.63) is 52.2 Å². The number of nitrogens with zero attached hydrogens (tertiary/aromatic N) is 8. The molecular weight excluding hydrogens is 430 g/mol. The van der Waals surface area contributed by atoms with Crippen LogP contribution in [0, 0.1) is 0 Å². The average molecular weight is 460 g/mol. The molecule has 1 saturated carbocycles.